The normalized spacial score (nSPS) is 18.0. The van der Waals surface area contributed by atoms with Crippen LogP contribution in [0, 0.1) is 5.92 Å². The molecule has 6 nitrogen and oxygen atoms in total. The molecule has 3 aromatic rings. The maximum atomic E-state index is 11.8. The summed E-state index contributed by atoms with van der Waals surface area (Å²) < 4.78 is 36.0. The van der Waals surface area contributed by atoms with Gasteiger partial charge >= 0.3 is 0 Å². The summed E-state index contributed by atoms with van der Waals surface area (Å²) >= 11 is 0. The molecule has 3 aromatic carbocycles. The minimum atomic E-state index is -3.12. The molecule has 5 rings (SSSR count). The number of hydrogen-bond donors (Lipinski definition) is 1. The molecule has 0 amide bonds. The zero-order valence-electron chi connectivity index (χ0n) is 22.2. The average molecular weight is 534 g/mol. The van der Waals surface area contributed by atoms with Crippen LogP contribution in [0.25, 0.3) is 11.1 Å². The number of hydrogen-bond acceptors (Lipinski definition) is 6. The van der Waals surface area contributed by atoms with Gasteiger partial charge in [0.2, 0.25) is 0 Å². The molecule has 1 N–H and O–H groups in total. The molecule has 1 fully saturated rings. The largest absolute Gasteiger partial charge is 0.508 e. The predicted octanol–water partition coefficient (Wildman–Crippen LogP) is 5.72. The van der Waals surface area contributed by atoms with Gasteiger partial charge in [-0.3, -0.25) is 4.90 Å². The van der Waals surface area contributed by atoms with Crippen LogP contribution in [0.1, 0.15) is 48.6 Å². The van der Waals surface area contributed by atoms with E-state index in [2.05, 4.69) is 11.8 Å². The van der Waals surface area contributed by atoms with E-state index in [0.29, 0.717) is 12.4 Å². The number of sulfone groups is 1. The first-order valence-corrected chi connectivity index (χ1v) is 15.2. The molecule has 0 spiro atoms. The van der Waals surface area contributed by atoms with Gasteiger partial charge in [0.05, 0.1) is 5.75 Å². The Morgan fingerprint density at radius 2 is 1.74 bits per heavy atom. The van der Waals surface area contributed by atoms with Gasteiger partial charge in [-0.25, -0.2) is 8.42 Å². The molecule has 1 saturated heterocycles. The van der Waals surface area contributed by atoms with Crippen LogP contribution in [-0.4, -0.2) is 50.9 Å². The van der Waals surface area contributed by atoms with Crippen LogP contribution < -0.4 is 9.47 Å². The number of fused-ring (bicyclic) bond motifs is 1. The van der Waals surface area contributed by atoms with Crippen molar-refractivity contribution in [1.29, 1.82) is 0 Å². The monoisotopic (exact) mass is 533 g/mol. The highest BCUT2D eigenvalue weighted by molar-refractivity contribution is 7.89. The number of rotatable bonds is 9. The highest BCUT2D eigenvalue weighted by Crippen LogP contribution is 2.47. The second-order valence-corrected chi connectivity index (χ2v) is 12.6. The van der Waals surface area contributed by atoms with E-state index < -0.39 is 9.84 Å². The standard InChI is InChI=1S/C31H35NO5S/c1-4-22-18-32(19-22)15-16-36-27-12-9-25(10-13-27)31-30(21(2)28-17-26(33)11-14-29(28)37-31)24-7-5-23(6-8-24)20-38(3,34)35/h5-14,17,22,31,33H,4,15-16,18-20H2,1-3H3/t31-/m1/s1. The average Bonchev–Trinajstić information content (AvgIpc) is 2.86. The van der Waals surface area contributed by atoms with E-state index in [9.17, 15) is 13.5 Å². The third kappa shape index (κ3) is 5.89. The number of aromatic hydroxyl groups is 1. The summed E-state index contributed by atoms with van der Waals surface area (Å²) in [5.41, 5.74) is 5.49. The maximum absolute atomic E-state index is 11.8. The second-order valence-electron chi connectivity index (χ2n) is 10.4. The van der Waals surface area contributed by atoms with Crippen LogP contribution in [0.5, 0.6) is 17.2 Å². The van der Waals surface area contributed by atoms with Crippen LogP contribution >= 0.6 is 0 Å². The Balaban J connectivity index is 1.39. The lowest BCUT2D eigenvalue weighted by molar-refractivity contribution is 0.0806. The maximum Gasteiger partial charge on any atom is 0.151 e. The Morgan fingerprint density at radius 1 is 1.03 bits per heavy atom. The number of phenolic OH excluding ortho intramolecular Hbond substituents is 1. The number of nitrogens with zero attached hydrogens (tertiary/aromatic N) is 1. The van der Waals surface area contributed by atoms with E-state index in [1.807, 2.05) is 55.5 Å². The van der Waals surface area contributed by atoms with E-state index in [4.69, 9.17) is 9.47 Å². The summed E-state index contributed by atoms with van der Waals surface area (Å²) in [6.07, 6.45) is 2.12. The van der Waals surface area contributed by atoms with Crippen molar-refractivity contribution in [3.05, 3.63) is 89.0 Å². The number of benzene rings is 3. The first-order chi connectivity index (χ1) is 18.2. The summed E-state index contributed by atoms with van der Waals surface area (Å²) in [5, 5.41) is 10.1. The van der Waals surface area contributed by atoms with Crippen LogP contribution in [0.3, 0.4) is 0 Å². The molecule has 38 heavy (non-hydrogen) atoms. The first kappa shape index (κ1) is 26.3. The Hall–Kier alpha value is -3.29. The van der Waals surface area contributed by atoms with Crippen molar-refractivity contribution in [2.45, 2.75) is 32.1 Å². The second kappa shape index (κ2) is 10.8. The van der Waals surface area contributed by atoms with Crippen LogP contribution in [0.15, 0.2) is 66.7 Å². The topological polar surface area (TPSA) is 76.1 Å². The van der Waals surface area contributed by atoms with E-state index >= 15 is 0 Å². The van der Waals surface area contributed by atoms with Crippen molar-refractivity contribution < 1.29 is 23.0 Å². The van der Waals surface area contributed by atoms with Crippen molar-refractivity contribution in [2.75, 3.05) is 32.5 Å². The molecule has 2 heterocycles. The van der Waals surface area contributed by atoms with Crippen molar-refractivity contribution >= 4 is 21.0 Å². The molecule has 0 aromatic heterocycles. The lowest BCUT2D eigenvalue weighted by Gasteiger charge is -2.38. The fraction of sp³-hybridized carbons (Fsp3) is 0.355. The van der Waals surface area contributed by atoms with Crippen molar-refractivity contribution in [2.24, 2.45) is 5.92 Å². The highest BCUT2D eigenvalue weighted by atomic mass is 32.2. The number of allylic oxidation sites excluding steroid dienone is 1. The summed E-state index contributed by atoms with van der Waals surface area (Å²) in [5.74, 6) is 2.55. The molecule has 0 aliphatic carbocycles. The van der Waals surface area contributed by atoms with Gasteiger partial charge in [0.25, 0.3) is 0 Å². The summed E-state index contributed by atoms with van der Waals surface area (Å²) in [7, 11) is -3.12. The van der Waals surface area contributed by atoms with Crippen molar-refractivity contribution in [3.8, 4) is 17.2 Å². The Labute approximate surface area is 225 Å². The lowest BCUT2D eigenvalue weighted by Crippen LogP contribution is -2.47. The SMILES string of the molecule is CCC1CN(CCOc2ccc([C@H]3Oc4ccc(O)cc4C(C)=C3c3ccc(CS(C)(=O)=O)cc3)cc2)C1. The lowest BCUT2D eigenvalue weighted by atomic mass is 9.86. The van der Waals surface area contributed by atoms with Gasteiger partial charge in [0, 0.05) is 37.0 Å². The van der Waals surface area contributed by atoms with Crippen molar-refractivity contribution in [1.82, 2.24) is 4.90 Å². The molecule has 2 aliphatic heterocycles. The van der Waals surface area contributed by atoms with Gasteiger partial charge in [-0.15, -0.1) is 0 Å². The number of likely N-dealkylation sites (tertiary alicyclic amines) is 1. The zero-order chi connectivity index (χ0) is 26.9. The van der Waals surface area contributed by atoms with Gasteiger partial charge < -0.3 is 14.6 Å². The first-order valence-electron chi connectivity index (χ1n) is 13.1. The summed E-state index contributed by atoms with van der Waals surface area (Å²) in [6, 6.07) is 20.8. The molecule has 7 heteroatoms. The summed E-state index contributed by atoms with van der Waals surface area (Å²) in [4.78, 5) is 2.43. The molecular formula is C31H35NO5S. The van der Waals surface area contributed by atoms with E-state index in [0.717, 1.165) is 51.6 Å². The predicted molar refractivity (Wildman–Crippen MR) is 151 cm³/mol. The molecule has 0 unspecified atom stereocenters. The van der Waals surface area contributed by atoms with Gasteiger partial charge in [0.1, 0.15) is 30.0 Å². The fourth-order valence-corrected chi connectivity index (χ4v) is 6.07. The Bertz CT molecular complexity index is 1420. The highest BCUT2D eigenvalue weighted by Gasteiger charge is 2.30. The zero-order valence-corrected chi connectivity index (χ0v) is 23.0. The molecule has 0 saturated carbocycles. The third-order valence-corrected chi connectivity index (χ3v) is 8.30. The molecule has 200 valence electrons. The van der Waals surface area contributed by atoms with E-state index in [-0.39, 0.29) is 17.6 Å². The van der Waals surface area contributed by atoms with Gasteiger partial charge in [-0.1, -0.05) is 49.7 Å². The van der Waals surface area contributed by atoms with Crippen LogP contribution in [0.2, 0.25) is 0 Å². The molecule has 0 radical (unpaired) electrons. The van der Waals surface area contributed by atoms with Gasteiger partial charge in [-0.2, -0.15) is 0 Å². The molecular weight excluding hydrogens is 498 g/mol. The Morgan fingerprint density at radius 3 is 2.39 bits per heavy atom. The minimum absolute atomic E-state index is 0.000349. The summed E-state index contributed by atoms with van der Waals surface area (Å²) in [6.45, 7) is 8.21. The van der Waals surface area contributed by atoms with E-state index in [1.165, 1.54) is 25.8 Å². The number of ether oxygens (including phenoxy) is 2. The van der Waals surface area contributed by atoms with Crippen LogP contribution in [-0.2, 0) is 15.6 Å². The Kier molecular flexibility index (Phi) is 7.50. The molecule has 2 aliphatic rings. The minimum Gasteiger partial charge on any atom is -0.508 e. The van der Waals surface area contributed by atoms with Gasteiger partial charge in [0.15, 0.2) is 9.84 Å². The van der Waals surface area contributed by atoms with E-state index in [1.54, 1.807) is 18.2 Å². The van der Waals surface area contributed by atoms with Crippen molar-refractivity contribution in [3.63, 3.8) is 0 Å². The molecule has 1 atom stereocenters. The quantitative estimate of drug-likeness (QED) is 0.379. The third-order valence-electron chi connectivity index (χ3n) is 7.44. The smallest absolute Gasteiger partial charge is 0.151 e. The van der Waals surface area contributed by atoms with Crippen LogP contribution in [0.4, 0.5) is 0 Å². The molecule has 0 bridgehead atoms. The number of phenols is 1. The van der Waals surface area contributed by atoms with Gasteiger partial charge in [-0.05, 0) is 65.4 Å². The fourth-order valence-electron chi connectivity index (χ4n) is 5.28.